The number of likely N-dealkylation sites (tertiary alicyclic amines) is 1. The van der Waals surface area contributed by atoms with Crippen molar-refractivity contribution in [2.75, 3.05) is 25.1 Å². The maximum absolute atomic E-state index is 12.6. The number of hydrogen-bond acceptors (Lipinski definition) is 4. The van der Waals surface area contributed by atoms with Gasteiger partial charge >= 0.3 is 0 Å². The number of hydrogen-bond donors (Lipinski definition) is 1. The Labute approximate surface area is 126 Å². The standard InChI is InChI=1S/C15H22N2O3S/c1-10-4-11(2)9-17(8-10)15(18)12-5-13(16)7-14(6-12)21(3,19)20/h5-7,10-11H,4,8-9,16H2,1-3H3. The third-order valence-corrected chi connectivity index (χ3v) is 4.85. The van der Waals surface area contributed by atoms with Gasteiger partial charge in [-0.15, -0.1) is 0 Å². The number of amides is 1. The van der Waals surface area contributed by atoms with Gasteiger partial charge in [-0.25, -0.2) is 8.42 Å². The molecule has 1 fully saturated rings. The average molecular weight is 310 g/mol. The van der Waals surface area contributed by atoms with Gasteiger partial charge in [0.1, 0.15) is 0 Å². The van der Waals surface area contributed by atoms with E-state index in [0.717, 1.165) is 12.7 Å². The predicted octanol–water partition coefficient (Wildman–Crippen LogP) is 1.79. The number of benzene rings is 1. The number of sulfone groups is 1. The zero-order valence-electron chi connectivity index (χ0n) is 12.7. The van der Waals surface area contributed by atoms with Gasteiger partial charge in [-0.2, -0.15) is 0 Å². The Balaban J connectivity index is 2.33. The van der Waals surface area contributed by atoms with E-state index in [4.69, 9.17) is 5.73 Å². The molecule has 2 N–H and O–H groups in total. The van der Waals surface area contributed by atoms with Crippen LogP contribution in [-0.2, 0) is 9.84 Å². The van der Waals surface area contributed by atoms with Crippen LogP contribution in [0.2, 0.25) is 0 Å². The number of nitrogen functional groups attached to an aromatic ring is 1. The summed E-state index contributed by atoms with van der Waals surface area (Å²) in [5, 5.41) is 0. The molecule has 5 nitrogen and oxygen atoms in total. The quantitative estimate of drug-likeness (QED) is 0.845. The Kier molecular flexibility index (Phi) is 4.27. The van der Waals surface area contributed by atoms with Crippen LogP contribution in [0.4, 0.5) is 5.69 Å². The van der Waals surface area contributed by atoms with Gasteiger partial charge in [-0.3, -0.25) is 4.79 Å². The second kappa shape index (κ2) is 5.67. The lowest BCUT2D eigenvalue weighted by molar-refractivity contribution is 0.0623. The Hall–Kier alpha value is -1.56. The van der Waals surface area contributed by atoms with Crippen LogP contribution in [0.15, 0.2) is 23.1 Å². The van der Waals surface area contributed by atoms with E-state index in [-0.39, 0.29) is 10.8 Å². The molecule has 1 saturated heterocycles. The molecule has 1 aliphatic heterocycles. The molecule has 0 bridgehead atoms. The lowest BCUT2D eigenvalue weighted by Crippen LogP contribution is -2.42. The number of nitrogens with zero attached hydrogens (tertiary/aromatic N) is 1. The van der Waals surface area contributed by atoms with E-state index in [1.165, 1.54) is 12.1 Å². The van der Waals surface area contributed by atoms with E-state index in [2.05, 4.69) is 13.8 Å². The minimum Gasteiger partial charge on any atom is -0.399 e. The molecule has 0 radical (unpaired) electrons. The third kappa shape index (κ3) is 3.75. The highest BCUT2D eigenvalue weighted by molar-refractivity contribution is 7.90. The summed E-state index contributed by atoms with van der Waals surface area (Å²) in [6, 6.07) is 4.34. The topological polar surface area (TPSA) is 80.5 Å². The maximum atomic E-state index is 12.6. The van der Waals surface area contributed by atoms with E-state index in [1.807, 2.05) is 0 Å². The number of piperidine rings is 1. The number of nitrogens with two attached hydrogens (primary N) is 1. The molecule has 2 rings (SSSR count). The molecule has 1 amide bonds. The number of carbonyl (C=O) groups is 1. The van der Waals surface area contributed by atoms with E-state index in [9.17, 15) is 13.2 Å². The van der Waals surface area contributed by atoms with E-state index in [0.29, 0.717) is 36.2 Å². The lowest BCUT2D eigenvalue weighted by Gasteiger charge is -2.35. The van der Waals surface area contributed by atoms with Crippen LogP contribution in [0.5, 0.6) is 0 Å². The average Bonchev–Trinajstić information content (AvgIpc) is 2.35. The smallest absolute Gasteiger partial charge is 0.253 e. The molecule has 0 saturated carbocycles. The fraction of sp³-hybridized carbons (Fsp3) is 0.533. The highest BCUT2D eigenvalue weighted by Crippen LogP contribution is 2.24. The van der Waals surface area contributed by atoms with Crippen molar-refractivity contribution in [2.24, 2.45) is 11.8 Å². The number of carbonyl (C=O) groups excluding carboxylic acids is 1. The van der Waals surface area contributed by atoms with Crippen LogP contribution < -0.4 is 5.73 Å². The molecule has 1 aliphatic rings. The van der Waals surface area contributed by atoms with Crippen molar-refractivity contribution >= 4 is 21.4 Å². The first kappa shape index (κ1) is 15.8. The van der Waals surface area contributed by atoms with Crippen molar-refractivity contribution < 1.29 is 13.2 Å². The summed E-state index contributed by atoms with van der Waals surface area (Å²) in [5.41, 5.74) is 6.38. The van der Waals surface area contributed by atoms with Crippen LogP contribution in [0, 0.1) is 11.8 Å². The number of anilines is 1. The molecule has 1 aromatic carbocycles. The van der Waals surface area contributed by atoms with Gasteiger partial charge < -0.3 is 10.6 Å². The summed E-state index contributed by atoms with van der Waals surface area (Å²) in [6.07, 6.45) is 2.22. The normalized spacial score (nSPS) is 23.1. The van der Waals surface area contributed by atoms with Gasteiger partial charge in [-0.05, 0) is 36.5 Å². The summed E-state index contributed by atoms with van der Waals surface area (Å²) in [5.74, 6) is 0.756. The molecule has 0 aromatic heterocycles. The zero-order chi connectivity index (χ0) is 15.8. The van der Waals surface area contributed by atoms with E-state index < -0.39 is 9.84 Å². The van der Waals surface area contributed by atoms with Crippen LogP contribution in [0.1, 0.15) is 30.6 Å². The summed E-state index contributed by atoms with van der Waals surface area (Å²) in [4.78, 5) is 14.5. The molecule has 0 spiro atoms. The van der Waals surface area contributed by atoms with Crippen molar-refractivity contribution in [3.63, 3.8) is 0 Å². The minimum atomic E-state index is -3.38. The van der Waals surface area contributed by atoms with Gasteiger partial charge in [0, 0.05) is 30.6 Å². The summed E-state index contributed by atoms with van der Waals surface area (Å²) < 4.78 is 23.3. The van der Waals surface area contributed by atoms with Crippen molar-refractivity contribution in [2.45, 2.75) is 25.2 Å². The van der Waals surface area contributed by atoms with Crippen LogP contribution in [0.3, 0.4) is 0 Å². The van der Waals surface area contributed by atoms with Crippen molar-refractivity contribution in [3.8, 4) is 0 Å². The first-order valence-corrected chi connectivity index (χ1v) is 8.96. The van der Waals surface area contributed by atoms with Gasteiger partial charge in [0.25, 0.3) is 5.91 Å². The summed E-state index contributed by atoms with van der Waals surface area (Å²) in [7, 11) is -3.38. The molecule has 116 valence electrons. The lowest BCUT2D eigenvalue weighted by atomic mass is 9.91. The molecule has 2 unspecified atom stereocenters. The Bertz CT molecular complexity index is 645. The first-order chi connectivity index (χ1) is 9.66. The van der Waals surface area contributed by atoms with Gasteiger partial charge in [0.15, 0.2) is 9.84 Å². The Morgan fingerprint density at radius 3 is 2.29 bits per heavy atom. The van der Waals surface area contributed by atoms with E-state index >= 15 is 0 Å². The van der Waals surface area contributed by atoms with Crippen molar-refractivity contribution in [3.05, 3.63) is 23.8 Å². The molecular weight excluding hydrogens is 288 g/mol. The molecule has 1 aromatic rings. The summed E-state index contributed by atoms with van der Waals surface area (Å²) in [6.45, 7) is 5.65. The fourth-order valence-electron chi connectivity index (χ4n) is 2.97. The van der Waals surface area contributed by atoms with Crippen LogP contribution >= 0.6 is 0 Å². The largest absolute Gasteiger partial charge is 0.399 e. The van der Waals surface area contributed by atoms with Gasteiger partial charge in [-0.1, -0.05) is 13.8 Å². The molecule has 21 heavy (non-hydrogen) atoms. The SMILES string of the molecule is CC1CC(C)CN(C(=O)c2cc(N)cc(S(C)(=O)=O)c2)C1. The predicted molar refractivity (Wildman–Crippen MR) is 82.8 cm³/mol. The maximum Gasteiger partial charge on any atom is 0.253 e. The molecule has 0 aliphatic carbocycles. The third-order valence-electron chi connectivity index (χ3n) is 3.76. The number of rotatable bonds is 2. The highest BCUT2D eigenvalue weighted by Gasteiger charge is 2.26. The van der Waals surface area contributed by atoms with Crippen LogP contribution in [-0.4, -0.2) is 38.6 Å². The second-order valence-electron chi connectivity index (χ2n) is 6.22. The molecule has 6 heteroatoms. The monoisotopic (exact) mass is 310 g/mol. The van der Waals surface area contributed by atoms with Gasteiger partial charge in [0.05, 0.1) is 4.90 Å². The Morgan fingerprint density at radius 1 is 1.19 bits per heavy atom. The Morgan fingerprint density at radius 2 is 1.76 bits per heavy atom. The second-order valence-corrected chi connectivity index (χ2v) is 8.23. The minimum absolute atomic E-state index is 0.0870. The van der Waals surface area contributed by atoms with Gasteiger partial charge in [0.2, 0.25) is 0 Å². The van der Waals surface area contributed by atoms with Crippen molar-refractivity contribution in [1.29, 1.82) is 0 Å². The van der Waals surface area contributed by atoms with Crippen molar-refractivity contribution in [1.82, 2.24) is 4.90 Å². The van der Waals surface area contributed by atoms with E-state index in [1.54, 1.807) is 11.0 Å². The highest BCUT2D eigenvalue weighted by atomic mass is 32.2. The zero-order valence-corrected chi connectivity index (χ0v) is 13.5. The summed E-state index contributed by atoms with van der Waals surface area (Å²) >= 11 is 0. The molecule has 1 heterocycles. The molecule has 2 atom stereocenters. The first-order valence-electron chi connectivity index (χ1n) is 7.06. The fourth-order valence-corrected chi connectivity index (χ4v) is 3.66. The van der Waals surface area contributed by atoms with Crippen LogP contribution in [0.25, 0.3) is 0 Å². The molecular formula is C15H22N2O3S.